The van der Waals surface area contributed by atoms with E-state index in [2.05, 4.69) is 0 Å². The maximum Gasteiger partial charge on any atom is 0.0686 e. The zero-order chi connectivity index (χ0) is 11.4. The number of aliphatic hydroxyl groups is 1. The van der Waals surface area contributed by atoms with Crippen molar-refractivity contribution in [3.8, 4) is 0 Å². The van der Waals surface area contributed by atoms with Crippen molar-refractivity contribution in [1.29, 1.82) is 0 Å². The topological polar surface area (TPSA) is 49.5 Å². The molecule has 0 fully saturated rings. The van der Waals surface area contributed by atoms with Crippen LogP contribution >= 0.6 is 0 Å². The van der Waals surface area contributed by atoms with E-state index in [0.717, 1.165) is 11.3 Å². The highest BCUT2D eigenvalue weighted by atomic mass is 16.3. The molecule has 0 aliphatic heterocycles. The third-order valence-corrected chi connectivity index (χ3v) is 2.38. The maximum absolute atomic E-state index is 9.34. The van der Waals surface area contributed by atoms with Crippen molar-refractivity contribution in [2.24, 2.45) is 5.73 Å². The van der Waals surface area contributed by atoms with Crippen molar-refractivity contribution in [2.75, 3.05) is 18.5 Å². The minimum Gasteiger partial charge on any atom is -0.392 e. The third-order valence-electron chi connectivity index (χ3n) is 2.38. The van der Waals surface area contributed by atoms with E-state index in [1.54, 1.807) is 6.92 Å². The van der Waals surface area contributed by atoms with E-state index in [4.69, 9.17) is 5.73 Å². The van der Waals surface area contributed by atoms with Gasteiger partial charge in [0.1, 0.15) is 0 Å². The van der Waals surface area contributed by atoms with Gasteiger partial charge in [0.05, 0.1) is 6.10 Å². The number of hydrogen-bond acceptors (Lipinski definition) is 3. The molecule has 0 amide bonds. The van der Waals surface area contributed by atoms with Gasteiger partial charge < -0.3 is 15.7 Å². The van der Waals surface area contributed by atoms with Crippen LogP contribution in [-0.4, -0.2) is 24.8 Å². The predicted molar refractivity (Wildman–Crippen MR) is 64.0 cm³/mol. The number of rotatable bonds is 4. The first kappa shape index (κ1) is 12.0. The molecule has 3 nitrogen and oxygen atoms in total. The number of benzene rings is 1. The summed E-state index contributed by atoms with van der Waals surface area (Å²) in [6.07, 6.45) is -0.337. The van der Waals surface area contributed by atoms with Crippen LogP contribution in [0.15, 0.2) is 24.3 Å². The van der Waals surface area contributed by atoms with Crippen LogP contribution in [0.5, 0.6) is 0 Å². The minimum atomic E-state index is -0.337. The van der Waals surface area contributed by atoms with Crippen LogP contribution < -0.4 is 10.6 Å². The van der Waals surface area contributed by atoms with Gasteiger partial charge in [-0.05, 0) is 25.5 Å². The molecule has 1 unspecified atom stereocenters. The number of aliphatic hydroxyl groups excluding tert-OH is 1. The molecular formula is C12H20N2O. The lowest BCUT2D eigenvalue weighted by molar-refractivity contribution is 0.201. The maximum atomic E-state index is 9.34. The van der Waals surface area contributed by atoms with Crippen LogP contribution in [0, 0.1) is 0 Å². The minimum absolute atomic E-state index is 0.0117. The van der Waals surface area contributed by atoms with Gasteiger partial charge in [-0.3, -0.25) is 0 Å². The molecule has 0 spiro atoms. The number of anilines is 1. The molecule has 3 N–H and O–H groups in total. The highest BCUT2D eigenvalue weighted by molar-refractivity contribution is 5.54. The molecular weight excluding hydrogens is 188 g/mol. The van der Waals surface area contributed by atoms with Crippen LogP contribution in [-0.2, 0) is 0 Å². The van der Waals surface area contributed by atoms with Gasteiger partial charge in [0.25, 0.3) is 0 Å². The fraction of sp³-hybridized carbons (Fsp3) is 0.500. The second-order valence-corrected chi connectivity index (χ2v) is 4.08. The molecule has 0 aliphatic carbocycles. The summed E-state index contributed by atoms with van der Waals surface area (Å²) in [5.74, 6) is 0. The monoisotopic (exact) mass is 208 g/mol. The molecule has 0 saturated carbocycles. The molecule has 0 saturated heterocycles. The first-order chi connectivity index (χ1) is 7.02. The number of likely N-dealkylation sites (N-methyl/N-ethyl adjacent to an activating group) is 1. The highest BCUT2D eigenvalue weighted by Crippen LogP contribution is 2.23. The lowest BCUT2D eigenvalue weighted by atomic mass is 10.1. The van der Waals surface area contributed by atoms with E-state index >= 15 is 0 Å². The largest absolute Gasteiger partial charge is 0.392 e. The van der Waals surface area contributed by atoms with Crippen molar-refractivity contribution in [1.82, 2.24) is 0 Å². The fourth-order valence-electron chi connectivity index (χ4n) is 1.71. The van der Waals surface area contributed by atoms with Crippen LogP contribution in [0.3, 0.4) is 0 Å². The van der Waals surface area contributed by atoms with Crippen molar-refractivity contribution in [3.63, 3.8) is 0 Å². The van der Waals surface area contributed by atoms with Crippen molar-refractivity contribution in [3.05, 3.63) is 29.8 Å². The smallest absolute Gasteiger partial charge is 0.0686 e. The molecule has 1 rings (SSSR count). The summed E-state index contributed by atoms with van der Waals surface area (Å²) in [6.45, 7) is 4.36. The molecule has 1 aromatic rings. The number of para-hydroxylation sites is 1. The first-order valence-corrected chi connectivity index (χ1v) is 5.26. The van der Waals surface area contributed by atoms with Gasteiger partial charge in [-0.1, -0.05) is 18.2 Å². The van der Waals surface area contributed by atoms with Crippen LogP contribution in [0.1, 0.15) is 25.5 Å². The van der Waals surface area contributed by atoms with E-state index in [1.807, 2.05) is 43.1 Å². The standard InChI is InChI=1S/C12H20N2O/c1-9(15)8-14(3)12-7-5-4-6-11(12)10(2)13/h4-7,9-10,15H,8,13H2,1-3H3/t9?,10-/m1/s1. The lowest BCUT2D eigenvalue weighted by Crippen LogP contribution is -2.28. The molecule has 0 bridgehead atoms. The van der Waals surface area contributed by atoms with E-state index < -0.39 is 0 Å². The summed E-state index contributed by atoms with van der Waals surface area (Å²) in [5, 5.41) is 9.34. The van der Waals surface area contributed by atoms with Crippen LogP contribution in [0.4, 0.5) is 5.69 Å². The Hall–Kier alpha value is -1.06. The average molecular weight is 208 g/mol. The van der Waals surface area contributed by atoms with Gasteiger partial charge in [0, 0.05) is 25.3 Å². The second kappa shape index (κ2) is 5.14. The summed E-state index contributed by atoms with van der Waals surface area (Å²) in [7, 11) is 1.97. The SMILES string of the molecule is CC(O)CN(C)c1ccccc1[C@@H](C)N. The Kier molecular flexibility index (Phi) is 4.12. The molecule has 0 radical (unpaired) electrons. The van der Waals surface area contributed by atoms with E-state index in [0.29, 0.717) is 6.54 Å². The van der Waals surface area contributed by atoms with Crippen LogP contribution in [0.25, 0.3) is 0 Å². The molecule has 0 aliphatic rings. The third kappa shape index (κ3) is 3.22. The zero-order valence-corrected chi connectivity index (χ0v) is 9.64. The Morgan fingerprint density at radius 2 is 1.93 bits per heavy atom. The second-order valence-electron chi connectivity index (χ2n) is 4.08. The van der Waals surface area contributed by atoms with Gasteiger partial charge in [0.15, 0.2) is 0 Å². The summed E-state index contributed by atoms with van der Waals surface area (Å²) in [6, 6.07) is 8.04. The molecule has 3 heteroatoms. The van der Waals surface area contributed by atoms with Gasteiger partial charge in [0.2, 0.25) is 0 Å². The zero-order valence-electron chi connectivity index (χ0n) is 9.64. The van der Waals surface area contributed by atoms with Gasteiger partial charge >= 0.3 is 0 Å². The lowest BCUT2D eigenvalue weighted by Gasteiger charge is -2.25. The van der Waals surface area contributed by atoms with Crippen LogP contribution in [0.2, 0.25) is 0 Å². The molecule has 0 aromatic heterocycles. The Morgan fingerprint density at radius 3 is 2.47 bits per heavy atom. The van der Waals surface area contributed by atoms with Gasteiger partial charge in [-0.2, -0.15) is 0 Å². The van der Waals surface area contributed by atoms with Crippen molar-refractivity contribution < 1.29 is 5.11 Å². The van der Waals surface area contributed by atoms with E-state index in [-0.39, 0.29) is 12.1 Å². The fourth-order valence-corrected chi connectivity index (χ4v) is 1.71. The predicted octanol–water partition coefficient (Wildman–Crippen LogP) is 1.52. The Bertz CT molecular complexity index is 310. The number of nitrogens with zero attached hydrogens (tertiary/aromatic N) is 1. The van der Waals surface area contributed by atoms with Gasteiger partial charge in [-0.15, -0.1) is 0 Å². The number of nitrogens with two attached hydrogens (primary N) is 1. The number of hydrogen-bond donors (Lipinski definition) is 2. The summed E-state index contributed by atoms with van der Waals surface area (Å²) in [5.41, 5.74) is 8.10. The molecule has 84 valence electrons. The van der Waals surface area contributed by atoms with Crippen molar-refractivity contribution in [2.45, 2.75) is 26.0 Å². The van der Waals surface area contributed by atoms with E-state index in [1.165, 1.54) is 0 Å². The molecule has 1 aromatic carbocycles. The summed E-state index contributed by atoms with van der Waals surface area (Å²) < 4.78 is 0. The Balaban J connectivity index is 2.92. The molecule has 0 heterocycles. The molecule has 15 heavy (non-hydrogen) atoms. The Labute approximate surface area is 91.5 Å². The Morgan fingerprint density at radius 1 is 1.33 bits per heavy atom. The van der Waals surface area contributed by atoms with E-state index in [9.17, 15) is 5.11 Å². The summed E-state index contributed by atoms with van der Waals surface area (Å²) in [4.78, 5) is 2.03. The van der Waals surface area contributed by atoms with Crippen molar-refractivity contribution >= 4 is 5.69 Å². The molecule has 2 atom stereocenters. The summed E-state index contributed by atoms with van der Waals surface area (Å²) >= 11 is 0. The highest BCUT2D eigenvalue weighted by Gasteiger charge is 2.11. The first-order valence-electron chi connectivity index (χ1n) is 5.26. The normalized spacial score (nSPS) is 14.7. The van der Waals surface area contributed by atoms with Gasteiger partial charge in [-0.25, -0.2) is 0 Å². The quantitative estimate of drug-likeness (QED) is 0.788. The average Bonchev–Trinajstić information content (AvgIpc) is 2.16.